The topological polar surface area (TPSA) is 67.6 Å². The summed E-state index contributed by atoms with van der Waals surface area (Å²) in [5.41, 5.74) is 3.17. The number of hydrogen-bond donors (Lipinski definition) is 1. The number of rotatable bonds is 9. The third kappa shape index (κ3) is 5.86. The maximum absolute atomic E-state index is 14.2. The van der Waals surface area contributed by atoms with Gasteiger partial charge in [-0.1, -0.05) is 57.0 Å². The Bertz CT molecular complexity index is 1490. The van der Waals surface area contributed by atoms with E-state index >= 15 is 0 Å². The highest BCUT2D eigenvalue weighted by Gasteiger charge is 2.25. The molecule has 1 saturated heterocycles. The smallest absolute Gasteiger partial charge is 0.261 e. The third-order valence-electron chi connectivity index (χ3n) is 8.20. The van der Waals surface area contributed by atoms with Crippen molar-refractivity contribution in [2.24, 2.45) is 11.8 Å². The van der Waals surface area contributed by atoms with E-state index in [0.29, 0.717) is 40.9 Å². The van der Waals surface area contributed by atoms with E-state index < -0.39 is 0 Å². The molecule has 1 aromatic heterocycles. The highest BCUT2D eigenvalue weighted by Crippen LogP contribution is 2.31. The quantitative estimate of drug-likeness (QED) is 0.267. The average molecular weight is 526 g/mol. The summed E-state index contributed by atoms with van der Waals surface area (Å²) in [6, 6.07) is 20.7. The number of phenols is 1. The van der Waals surface area contributed by atoms with Crippen molar-refractivity contribution in [2.45, 2.75) is 46.1 Å². The summed E-state index contributed by atoms with van der Waals surface area (Å²) in [6.45, 7) is 8.42. The molecule has 1 aliphatic rings. The van der Waals surface area contributed by atoms with E-state index in [0.717, 1.165) is 49.2 Å². The Morgan fingerprint density at radius 3 is 2.59 bits per heavy atom. The molecule has 0 spiro atoms. The molecular formula is C33H39N3O3. The van der Waals surface area contributed by atoms with Crippen LogP contribution in [0.1, 0.15) is 39.5 Å². The first-order valence-electron chi connectivity index (χ1n) is 14.2. The fourth-order valence-corrected chi connectivity index (χ4v) is 5.93. The first kappa shape index (κ1) is 26.9. The van der Waals surface area contributed by atoms with Gasteiger partial charge in [0.05, 0.1) is 23.6 Å². The molecule has 1 unspecified atom stereocenters. The Labute approximate surface area is 230 Å². The van der Waals surface area contributed by atoms with Crippen molar-refractivity contribution < 1.29 is 9.84 Å². The van der Waals surface area contributed by atoms with Gasteiger partial charge in [-0.15, -0.1) is 0 Å². The number of fused-ring (bicyclic) bond motifs is 1. The number of aromatic hydroxyl groups is 1. The number of hydrogen-bond acceptors (Lipinski definition) is 5. The number of nitrogens with zero attached hydrogens (tertiary/aromatic N) is 3. The minimum absolute atomic E-state index is 0.0416. The van der Waals surface area contributed by atoms with Gasteiger partial charge in [-0.05, 0) is 78.7 Å². The van der Waals surface area contributed by atoms with Crippen molar-refractivity contribution in [3.8, 4) is 34.0 Å². The lowest BCUT2D eigenvalue weighted by molar-refractivity contribution is 0.138. The normalized spacial score (nSPS) is 16.2. The zero-order valence-corrected chi connectivity index (χ0v) is 23.3. The largest absolute Gasteiger partial charge is 0.508 e. The van der Waals surface area contributed by atoms with Crippen LogP contribution in [0.4, 0.5) is 0 Å². The Morgan fingerprint density at radius 2 is 1.82 bits per heavy atom. The second-order valence-electron chi connectivity index (χ2n) is 10.8. The minimum Gasteiger partial charge on any atom is -0.508 e. The molecule has 6 heteroatoms. The molecule has 1 aliphatic heterocycles. The van der Waals surface area contributed by atoms with Crippen LogP contribution >= 0.6 is 0 Å². The first-order valence-corrected chi connectivity index (χ1v) is 14.2. The zero-order valence-electron chi connectivity index (χ0n) is 23.3. The number of methoxy groups -OCH3 is 1. The van der Waals surface area contributed by atoms with Gasteiger partial charge in [0.2, 0.25) is 0 Å². The maximum Gasteiger partial charge on any atom is 0.261 e. The van der Waals surface area contributed by atoms with Crippen LogP contribution in [0.15, 0.2) is 71.5 Å². The average Bonchev–Trinajstić information content (AvgIpc) is 2.97. The lowest BCUT2D eigenvalue weighted by atomic mass is 9.95. The van der Waals surface area contributed by atoms with E-state index in [-0.39, 0.29) is 11.3 Å². The lowest BCUT2D eigenvalue weighted by Gasteiger charge is -2.35. The van der Waals surface area contributed by atoms with Crippen LogP contribution in [0.2, 0.25) is 0 Å². The minimum atomic E-state index is -0.0416. The van der Waals surface area contributed by atoms with E-state index in [9.17, 15) is 9.90 Å². The van der Waals surface area contributed by atoms with Crippen molar-refractivity contribution in [1.82, 2.24) is 14.5 Å². The summed E-state index contributed by atoms with van der Waals surface area (Å²) in [5, 5.41) is 10.6. The number of piperidine rings is 1. The molecule has 204 valence electrons. The Balaban J connectivity index is 1.58. The molecule has 6 nitrogen and oxygen atoms in total. The van der Waals surface area contributed by atoms with E-state index in [1.165, 1.54) is 12.8 Å². The van der Waals surface area contributed by atoms with Crippen molar-refractivity contribution in [3.63, 3.8) is 0 Å². The Morgan fingerprint density at radius 1 is 1.03 bits per heavy atom. The van der Waals surface area contributed by atoms with Crippen LogP contribution < -0.4 is 10.3 Å². The molecule has 0 bridgehead atoms. The van der Waals surface area contributed by atoms with Gasteiger partial charge in [-0.3, -0.25) is 9.36 Å². The molecule has 0 radical (unpaired) electrons. The van der Waals surface area contributed by atoms with Gasteiger partial charge < -0.3 is 14.7 Å². The number of benzene rings is 3. The predicted octanol–water partition coefficient (Wildman–Crippen LogP) is 6.59. The van der Waals surface area contributed by atoms with Gasteiger partial charge in [0.25, 0.3) is 5.56 Å². The van der Waals surface area contributed by atoms with Crippen LogP contribution in [-0.4, -0.2) is 46.3 Å². The monoisotopic (exact) mass is 525 g/mol. The van der Waals surface area contributed by atoms with Crippen LogP contribution in [0.3, 0.4) is 0 Å². The van der Waals surface area contributed by atoms with E-state index in [1.54, 1.807) is 19.2 Å². The van der Waals surface area contributed by atoms with Gasteiger partial charge >= 0.3 is 0 Å². The van der Waals surface area contributed by atoms with Crippen LogP contribution in [0.5, 0.6) is 11.5 Å². The third-order valence-corrected chi connectivity index (χ3v) is 8.20. The fraction of sp³-hybridized carbons (Fsp3) is 0.394. The van der Waals surface area contributed by atoms with Crippen molar-refractivity contribution in [1.29, 1.82) is 0 Å². The number of phenolic OH excluding ortho intramolecular Hbond substituents is 1. The van der Waals surface area contributed by atoms with Gasteiger partial charge in [0.1, 0.15) is 17.3 Å². The van der Waals surface area contributed by atoms with E-state index in [4.69, 9.17) is 9.72 Å². The van der Waals surface area contributed by atoms with Crippen molar-refractivity contribution >= 4 is 10.9 Å². The summed E-state index contributed by atoms with van der Waals surface area (Å²) in [4.78, 5) is 21.9. The van der Waals surface area contributed by atoms with Crippen molar-refractivity contribution in [2.75, 3.05) is 26.7 Å². The first-order chi connectivity index (χ1) is 19.0. The molecule has 0 aliphatic carbocycles. The molecule has 2 heterocycles. The predicted molar refractivity (Wildman–Crippen MR) is 158 cm³/mol. The van der Waals surface area contributed by atoms with Gasteiger partial charge in [-0.25, -0.2) is 4.98 Å². The number of ether oxygens (including phenoxy) is 1. The molecule has 0 amide bonds. The molecule has 4 aromatic rings. The molecule has 1 N–H and O–H groups in total. The highest BCUT2D eigenvalue weighted by molar-refractivity contribution is 5.85. The summed E-state index contributed by atoms with van der Waals surface area (Å²) in [7, 11) is 1.65. The SMILES string of the molecule is CCC(CC)CN1CCCC(Cn2c(-c3ccccc3OC)nc3ccc(-c4cccc(O)c4)cc3c2=O)C1. The maximum atomic E-state index is 14.2. The van der Waals surface area contributed by atoms with Crippen molar-refractivity contribution in [3.05, 3.63) is 77.1 Å². The summed E-state index contributed by atoms with van der Waals surface area (Å²) < 4.78 is 7.56. The molecule has 0 saturated carbocycles. The summed E-state index contributed by atoms with van der Waals surface area (Å²) in [6.07, 6.45) is 4.64. The highest BCUT2D eigenvalue weighted by atomic mass is 16.5. The molecule has 1 fully saturated rings. The number of likely N-dealkylation sites (tertiary alicyclic amines) is 1. The molecule has 3 aromatic carbocycles. The van der Waals surface area contributed by atoms with Gasteiger partial charge in [0, 0.05) is 19.6 Å². The Hall–Kier alpha value is -3.64. The van der Waals surface area contributed by atoms with E-state index in [1.807, 2.05) is 59.2 Å². The van der Waals surface area contributed by atoms with E-state index in [2.05, 4.69) is 18.7 Å². The Kier molecular flexibility index (Phi) is 8.32. The van der Waals surface area contributed by atoms with Crippen LogP contribution in [-0.2, 0) is 6.54 Å². The van der Waals surface area contributed by atoms with Gasteiger partial charge in [0.15, 0.2) is 0 Å². The van der Waals surface area contributed by atoms with Crippen LogP contribution in [0.25, 0.3) is 33.4 Å². The second kappa shape index (κ2) is 12.0. The summed E-state index contributed by atoms with van der Waals surface area (Å²) in [5.74, 6) is 2.63. The molecule has 1 atom stereocenters. The molecule has 5 rings (SSSR count). The van der Waals surface area contributed by atoms with Gasteiger partial charge in [-0.2, -0.15) is 0 Å². The number of para-hydroxylation sites is 1. The molecular weight excluding hydrogens is 486 g/mol. The standard InChI is InChI=1S/C33H39N3O3/c1-4-23(5-2)20-35-17-9-10-24(21-35)22-36-32(28-13-6-7-14-31(28)39-3)34-30-16-15-26(19-29(30)33(36)38)25-11-8-12-27(37)18-25/h6-8,11-16,18-19,23-24,37H,4-5,9-10,17,20-22H2,1-3H3. The molecule has 39 heavy (non-hydrogen) atoms. The zero-order chi connectivity index (χ0) is 27.4. The lowest BCUT2D eigenvalue weighted by Crippen LogP contribution is -2.41. The summed E-state index contributed by atoms with van der Waals surface area (Å²) >= 11 is 0. The van der Waals surface area contributed by atoms with Crippen LogP contribution in [0, 0.1) is 11.8 Å². The fourth-order valence-electron chi connectivity index (χ4n) is 5.93. The number of aromatic nitrogens is 2. The second-order valence-corrected chi connectivity index (χ2v) is 10.8.